The fourth-order valence-corrected chi connectivity index (χ4v) is 3.84. The third-order valence-corrected chi connectivity index (χ3v) is 5.77. The van der Waals surface area contributed by atoms with Gasteiger partial charge in [0.15, 0.2) is 5.75 Å². The van der Waals surface area contributed by atoms with Crippen LogP contribution in [0.25, 0.3) is 10.8 Å². The van der Waals surface area contributed by atoms with Crippen molar-refractivity contribution in [2.75, 3.05) is 5.32 Å². The third kappa shape index (κ3) is 7.29. The topological polar surface area (TPSA) is 183 Å². The number of carbonyl (C=O) groups is 1. The largest absolute Gasteiger partial charge is 0.504 e. The molecule has 15 heteroatoms. The summed E-state index contributed by atoms with van der Waals surface area (Å²) in [5.41, 5.74) is 0.442. The summed E-state index contributed by atoms with van der Waals surface area (Å²) in [7, 11) is -9.49. The van der Waals surface area contributed by atoms with E-state index in [-0.39, 0.29) is 87.2 Å². The van der Waals surface area contributed by atoms with Gasteiger partial charge in [-0.1, -0.05) is 6.07 Å². The van der Waals surface area contributed by atoms with Gasteiger partial charge in [-0.15, -0.1) is 5.11 Å². The Balaban J connectivity index is 0.00000272. The van der Waals surface area contributed by atoms with Gasteiger partial charge >= 0.3 is 0 Å². The summed E-state index contributed by atoms with van der Waals surface area (Å²) < 4.78 is 64.7. The molecule has 0 fully saturated rings. The zero-order valence-electron chi connectivity index (χ0n) is 17.7. The van der Waals surface area contributed by atoms with Gasteiger partial charge in [-0.2, -0.15) is 21.9 Å². The zero-order valence-corrected chi connectivity index (χ0v) is 23.3. The predicted molar refractivity (Wildman–Crippen MR) is 122 cm³/mol. The van der Waals surface area contributed by atoms with Crippen LogP contribution < -0.4 is 5.32 Å². The maximum absolute atomic E-state index is 11.7. The van der Waals surface area contributed by atoms with Crippen molar-refractivity contribution >= 4 is 113 Å². The van der Waals surface area contributed by atoms with Crippen LogP contribution in [0.15, 0.2) is 68.6 Å². The first kappa shape index (κ1) is 29.6. The van der Waals surface area contributed by atoms with Gasteiger partial charge in [0, 0.05) is 77.1 Å². The van der Waals surface area contributed by atoms with Crippen molar-refractivity contribution < 1.29 is 35.8 Å². The van der Waals surface area contributed by atoms with Crippen molar-refractivity contribution in [3.05, 3.63) is 48.5 Å². The Hall–Kier alpha value is -1.39. The number of anilines is 1. The zero-order chi connectivity index (χ0) is 23.0. The van der Waals surface area contributed by atoms with Gasteiger partial charge < -0.3 is 10.4 Å². The van der Waals surface area contributed by atoms with Crippen LogP contribution >= 0.6 is 0 Å². The van der Waals surface area contributed by atoms with E-state index in [1.165, 1.54) is 25.1 Å². The number of hydrogen-bond donors (Lipinski definition) is 4. The maximum Gasteiger partial charge on any atom is 0.298 e. The van der Waals surface area contributed by atoms with Crippen LogP contribution in [0.1, 0.15) is 6.92 Å². The Bertz CT molecular complexity index is 1440. The number of fused-ring (bicyclic) bond motifs is 1. The minimum atomic E-state index is -4.90. The fraction of sp³-hybridized carbons (Fsp3) is 0.0556. The molecule has 0 heterocycles. The SMILES string of the molecule is CC(=O)Nc1ccc(N=Nc2c(O)c(S(=O)(=O)O)cc3cc(S(=O)(=O)O)ccc23)cc1.[Na].[Na]. The number of nitrogens with one attached hydrogen (secondary N) is 1. The van der Waals surface area contributed by atoms with Gasteiger partial charge in [-0.25, -0.2) is 0 Å². The van der Waals surface area contributed by atoms with E-state index >= 15 is 0 Å². The number of aromatic hydroxyl groups is 1. The summed E-state index contributed by atoms with van der Waals surface area (Å²) >= 11 is 0. The molecule has 0 spiro atoms. The molecule has 3 aromatic rings. The van der Waals surface area contributed by atoms with E-state index in [1.807, 2.05) is 0 Å². The van der Waals surface area contributed by atoms with E-state index in [0.717, 1.165) is 18.2 Å². The van der Waals surface area contributed by atoms with Crippen LogP contribution in [0.2, 0.25) is 0 Å². The van der Waals surface area contributed by atoms with Crippen molar-refractivity contribution in [2.45, 2.75) is 16.7 Å². The smallest absolute Gasteiger partial charge is 0.298 e. The first-order chi connectivity index (χ1) is 14.4. The summed E-state index contributed by atoms with van der Waals surface area (Å²) in [4.78, 5) is 9.63. The molecule has 0 aromatic heterocycles. The van der Waals surface area contributed by atoms with Crippen LogP contribution in [-0.4, -0.2) is 96.1 Å². The molecule has 2 radical (unpaired) electrons. The fourth-order valence-electron chi connectivity index (χ4n) is 2.71. The molecule has 0 saturated carbocycles. The average Bonchev–Trinajstić information content (AvgIpc) is 2.65. The Labute approximate surface area is 233 Å². The second-order valence-corrected chi connectivity index (χ2v) is 9.14. The van der Waals surface area contributed by atoms with Crippen LogP contribution in [0.4, 0.5) is 17.1 Å². The van der Waals surface area contributed by atoms with Crippen molar-refractivity contribution in [2.24, 2.45) is 10.2 Å². The van der Waals surface area contributed by atoms with Gasteiger partial charge in [-0.3, -0.25) is 13.9 Å². The minimum Gasteiger partial charge on any atom is -0.504 e. The normalized spacial score (nSPS) is 11.6. The third-order valence-electron chi connectivity index (χ3n) is 4.05. The van der Waals surface area contributed by atoms with E-state index in [0.29, 0.717) is 5.69 Å². The molecule has 0 unspecified atom stereocenters. The van der Waals surface area contributed by atoms with E-state index < -0.39 is 35.8 Å². The number of phenolic OH excluding ortho intramolecular Hbond substituents is 1. The maximum atomic E-state index is 11.7. The molecule has 0 aliphatic rings. The van der Waals surface area contributed by atoms with Gasteiger partial charge in [0.2, 0.25) is 5.91 Å². The van der Waals surface area contributed by atoms with E-state index in [1.54, 1.807) is 12.1 Å². The molecule has 0 bridgehead atoms. The van der Waals surface area contributed by atoms with Crippen LogP contribution in [0, 0.1) is 0 Å². The molecule has 3 rings (SSSR count). The standard InChI is InChI=1S/C18H15N3O8S2.2Na/c1-10(22)19-12-2-4-13(5-3-12)20-21-17-15-7-6-14(30(24,25)26)8-11(15)9-16(18(17)23)31(27,28)29;;/h2-9,23H,1H3,(H,19,22)(H,24,25,26)(H,27,28,29);;. The van der Waals surface area contributed by atoms with Crippen molar-refractivity contribution in [1.82, 2.24) is 0 Å². The molecule has 3 aromatic carbocycles. The Kier molecular flexibility index (Phi) is 10.2. The Morgan fingerprint density at radius 1 is 0.879 bits per heavy atom. The summed E-state index contributed by atoms with van der Waals surface area (Å²) in [5.74, 6) is -1.16. The van der Waals surface area contributed by atoms with Crippen molar-refractivity contribution in [3.63, 3.8) is 0 Å². The summed E-state index contributed by atoms with van der Waals surface area (Å²) in [6.45, 7) is 1.34. The van der Waals surface area contributed by atoms with Crippen LogP contribution in [0.3, 0.4) is 0 Å². The number of amides is 1. The minimum absolute atomic E-state index is 0. The molecule has 4 N–H and O–H groups in total. The van der Waals surface area contributed by atoms with Gasteiger partial charge in [-0.05, 0) is 47.9 Å². The van der Waals surface area contributed by atoms with E-state index in [9.17, 15) is 35.8 Å². The van der Waals surface area contributed by atoms with Crippen LogP contribution in [-0.2, 0) is 25.0 Å². The quantitative estimate of drug-likeness (QED) is 0.229. The average molecular weight is 511 g/mol. The molecular weight excluding hydrogens is 496 g/mol. The van der Waals surface area contributed by atoms with E-state index in [4.69, 9.17) is 0 Å². The molecule has 164 valence electrons. The Morgan fingerprint density at radius 2 is 1.48 bits per heavy atom. The predicted octanol–water partition coefficient (Wildman–Crippen LogP) is 2.65. The molecule has 0 saturated heterocycles. The van der Waals surface area contributed by atoms with Crippen molar-refractivity contribution in [3.8, 4) is 5.75 Å². The van der Waals surface area contributed by atoms with E-state index in [2.05, 4.69) is 15.5 Å². The number of rotatable bonds is 5. The molecule has 1 amide bonds. The number of hydrogen-bond acceptors (Lipinski definition) is 8. The number of azo groups is 1. The number of nitrogens with zero attached hydrogens (tertiary/aromatic N) is 2. The molecule has 0 aliphatic heterocycles. The van der Waals surface area contributed by atoms with Gasteiger partial charge in [0.05, 0.1) is 10.6 Å². The molecule has 0 atom stereocenters. The van der Waals surface area contributed by atoms with Crippen LogP contribution in [0.5, 0.6) is 5.75 Å². The second-order valence-electron chi connectivity index (χ2n) is 6.33. The first-order valence-electron chi connectivity index (χ1n) is 8.40. The molecule has 0 aliphatic carbocycles. The molecule has 33 heavy (non-hydrogen) atoms. The first-order valence-corrected chi connectivity index (χ1v) is 11.3. The van der Waals surface area contributed by atoms with Crippen molar-refractivity contribution in [1.29, 1.82) is 0 Å². The second kappa shape index (κ2) is 11.4. The Morgan fingerprint density at radius 3 is 2.00 bits per heavy atom. The number of benzene rings is 3. The van der Waals surface area contributed by atoms with Gasteiger partial charge in [0.1, 0.15) is 10.6 Å². The monoisotopic (exact) mass is 511 g/mol. The summed E-state index contributed by atoms with van der Waals surface area (Å²) in [5, 5.41) is 20.8. The summed E-state index contributed by atoms with van der Waals surface area (Å²) in [6, 6.07) is 10.1. The van der Waals surface area contributed by atoms with Gasteiger partial charge in [0.25, 0.3) is 20.2 Å². The molecular formula is C18H15N3Na2O8S2. The number of phenols is 1. The number of carbonyl (C=O) groups excluding carboxylic acids is 1. The summed E-state index contributed by atoms with van der Waals surface area (Å²) in [6.07, 6.45) is 0. The molecule has 11 nitrogen and oxygen atoms in total.